The van der Waals surface area contributed by atoms with Crippen molar-refractivity contribution in [2.75, 3.05) is 33.5 Å². The van der Waals surface area contributed by atoms with Gasteiger partial charge in [-0.1, -0.05) is 11.6 Å². The van der Waals surface area contributed by atoms with Crippen molar-refractivity contribution in [2.45, 2.75) is 113 Å². The molecule has 0 bridgehead atoms. The molecule has 0 radical (unpaired) electrons. The van der Waals surface area contributed by atoms with Crippen molar-refractivity contribution >= 4 is 11.2 Å². The van der Waals surface area contributed by atoms with E-state index in [-0.39, 0.29) is 28.8 Å². The van der Waals surface area contributed by atoms with E-state index in [9.17, 15) is 4.79 Å². The minimum atomic E-state index is -0.657. The maximum atomic E-state index is 13.9. The van der Waals surface area contributed by atoms with E-state index in [1.807, 2.05) is 4.57 Å². The highest BCUT2D eigenvalue weighted by atomic mass is 16.7. The van der Waals surface area contributed by atoms with Crippen LogP contribution in [0.2, 0.25) is 0 Å². The number of fused-ring (bicyclic) bond motifs is 5. The van der Waals surface area contributed by atoms with Crippen LogP contribution >= 0.6 is 0 Å². The molecule has 3 aromatic rings. The number of likely N-dealkylation sites (N-methyl/N-ethyl adjacent to an activating group) is 1. The van der Waals surface area contributed by atoms with Crippen molar-refractivity contribution in [3.05, 3.63) is 21.7 Å². The largest absolute Gasteiger partial charge is 0.471 e. The average Bonchev–Trinajstić information content (AvgIpc) is 3.63. The van der Waals surface area contributed by atoms with Crippen LogP contribution in [0.5, 0.6) is 5.88 Å². The monoisotopic (exact) mass is 620 g/mol. The fourth-order valence-corrected chi connectivity index (χ4v) is 9.72. The molecule has 2 spiro atoms. The maximum Gasteiger partial charge on any atom is 0.330 e. The highest BCUT2D eigenvalue weighted by Crippen LogP contribution is 2.57. The molecule has 0 amide bonds. The van der Waals surface area contributed by atoms with Crippen LogP contribution in [-0.2, 0) is 38.6 Å². The summed E-state index contributed by atoms with van der Waals surface area (Å²) >= 11 is 0. The highest BCUT2D eigenvalue weighted by molar-refractivity contribution is 5.80. The lowest BCUT2D eigenvalue weighted by Crippen LogP contribution is -2.56. The van der Waals surface area contributed by atoms with Gasteiger partial charge < -0.3 is 23.5 Å². The standard InChI is InChI=1S/C33H44N6O6/c1-19-9-10-23(37(19)3)20(2)44-29-24-28(39(30(40)38(24)4)32-16-21(32)17-41-18-32)34-27(35-29)25-22-8-7-12-31(26(22)36-45-25)11-5-6-13-33(31)42-14-15-43-33/h19-21,23H,5-18H2,1-4H3/t19-,20-,21-,23-,31-,32-/m0/s1. The lowest BCUT2D eigenvalue weighted by Gasteiger charge is -2.50. The van der Waals surface area contributed by atoms with Gasteiger partial charge in [-0.05, 0) is 72.3 Å². The number of aromatic nitrogens is 5. The lowest BCUT2D eigenvalue weighted by atomic mass is 9.61. The Balaban J connectivity index is 1.20. The van der Waals surface area contributed by atoms with Gasteiger partial charge in [-0.2, -0.15) is 4.98 Å². The van der Waals surface area contributed by atoms with E-state index < -0.39 is 5.79 Å². The summed E-state index contributed by atoms with van der Waals surface area (Å²) in [5.74, 6) is 1.03. The summed E-state index contributed by atoms with van der Waals surface area (Å²) < 4.78 is 35.2. The maximum absolute atomic E-state index is 13.9. The molecule has 3 aliphatic heterocycles. The molecule has 12 heteroatoms. The molecule has 5 fully saturated rings. The first-order valence-electron chi connectivity index (χ1n) is 17.0. The zero-order valence-corrected chi connectivity index (χ0v) is 26.8. The van der Waals surface area contributed by atoms with Crippen LogP contribution < -0.4 is 10.4 Å². The number of imidazole rings is 1. The van der Waals surface area contributed by atoms with E-state index in [1.54, 1.807) is 11.6 Å². The number of nitrogens with zero attached hydrogens (tertiary/aromatic N) is 6. The molecule has 0 unspecified atom stereocenters. The summed E-state index contributed by atoms with van der Waals surface area (Å²) in [6.45, 7) is 6.74. The second-order valence-corrected chi connectivity index (χ2v) is 14.6. The van der Waals surface area contributed by atoms with E-state index in [1.165, 1.54) is 0 Å². The fourth-order valence-electron chi connectivity index (χ4n) is 9.72. The molecule has 3 aromatic heterocycles. The Bertz CT molecular complexity index is 1720. The first-order chi connectivity index (χ1) is 21.8. The van der Waals surface area contributed by atoms with Crippen LogP contribution in [0.1, 0.15) is 82.9 Å². The van der Waals surface area contributed by atoms with Gasteiger partial charge in [0.2, 0.25) is 17.5 Å². The molecular weight excluding hydrogens is 576 g/mol. The smallest absolute Gasteiger partial charge is 0.330 e. The molecule has 0 aromatic carbocycles. The van der Waals surface area contributed by atoms with Crippen molar-refractivity contribution in [2.24, 2.45) is 13.0 Å². The molecule has 3 saturated heterocycles. The normalized spacial score (nSPS) is 34.5. The van der Waals surface area contributed by atoms with Crippen LogP contribution in [0.15, 0.2) is 9.32 Å². The summed E-state index contributed by atoms with van der Waals surface area (Å²) in [7, 11) is 3.95. The molecule has 242 valence electrons. The van der Waals surface area contributed by atoms with Crippen molar-refractivity contribution < 1.29 is 23.5 Å². The van der Waals surface area contributed by atoms with Gasteiger partial charge >= 0.3 is 5.69 Å². The van der Waals surface area contributed by atoms with Gasteiger partial charge in [0, 0.05) is 37.0 Å². The average molecular weight is 621 g/mol. The van der Waals surface area contributed by atoms with Crippen molar-refractivity contribution in [1.82, 2.24) is 29.2 Å². The first kappa shape index (κ1) is 28.4. The Morgan fingerprint density at radius 1 is 1.04 bits per heavy atom. The number of ether oxygens (including phenoxy) is 4. The van der Waals surface area contributed by atoms with Crippen molar-refractivity contribution in [1.29, 1.82) is 0 Å². The van der Waals surface area contributed by atoms with Crippen LogP contribution in [0.4, 0.5) is 0 Å². The molecule has 2 saturated carbocycles. The van der Waals surface area contributed by atoms with Crippen LogP contribution in [0.25, 0.3) is 22.7 Å². The first-order valence-corrected chi connectivity index (χ1v) is 17.0. The Morgan fingerprint density at radius 2 is 1.84 bits per heavy atom. The van der Waals surface area contributed by atoms with E-state index in [2.05, 4.69) is 25.8 Å². The third-order valence-electron chi connectivity index (χ3n) is 12.4. The second-order valence-electron chi connectivity index (χ2n) is 14.6. The number of likely N-dealkylation sites (tertiary alicyclic amines) is 1. The summed E-state index contributed by atoms with van der Waals surface area (Å²) in [5, 5.41) is 4.77. The number of hydrogen-bond donors (Lipinski definition) is 0. The quantitative estimate of drug-likeness (QED) is 0.418. The van der Waals surface area contributed by atoms with Crippen LogP contribution in [0.3, 0.4) is 0 Å². The third-order valence-corrected chi connectivity index (χ3v) is 12.4. The number of aryl methyl sites for hydroxylation is 1. The number of hydrogen-bond acceptors (Lipinski definition) is 10. The third kappa shape index (κ3) is 3.79. The second kappa shape index (κ2) is 9.85. The summed E-state index contributed by atoms with van der Waals surface area (Å²) in [6, 6.07) is 0.735. The topological polar surface area (TPSA) is 119 Å². The Labute approximate surface area is 262 Å². The summed E-state index contributed by atoms with van der Waals surface area (Å²) in [6.07, 6.45) is 9.67. The van der Waals surface area contributed by atoms with Gasteiger partial charge in [-0.25, -0.2) is 9.78 Å². The molecule has 45 heavy (non-hydrogen) atoms. The van der Waals surface area contributed by atoms with Gasteiger partial charge in [-0.15, -0.1) is 0 Å². The van der Waals surface area contributed by atoms with Gasteiger partial charge in [-0.3, -0.25) is 14.0 Å². The minimum Gasteiger partial charge on any atom is -0.471 e. The van der Waals surface area contributed by atoms with Crippen LogP contribution in [0, 0.1) is 5.92 Å². The van der Waals surface area contributed by atoms with Crippen molar-refractivity contribution in [3.8, 4) is 17.5 Å². The van der Waals surface area contributed by atoms with E-state index in [4.69, 9.17) is 38.6 Å². The molecule has 0 N–H and O–H groups in total. The molecule has 12 nitrogen and oxygen atoms in total. The van der Waals surface area contributed by atoms with E-state index >= 15 is 0 Å². The Hall–Kier alpha value is -2.80. The van der Waals surface area contributed by atoms with Crippen molar-refractivity contribution in [3.63, 3.8) is 0 Å². The molecular formula is C33H44N6O6. The summed E-state index contributed by atoms with van der Waals surface area (Å²) in [4.78, 5) is 26.5. The Kier molecular flexibility index (Phi) is 6.22. The van der Waals surface area contributed by atoms with E-state index in [0.717, 1.165) is 75.5 Å². The predicted molar refractivity (Wildman–Crippen MR) is 163 cm³/mol. The van der Waals surface area contributed by atoms with Gasteiger partial charge in [0.25, 0.3) is 0 Å². The van der Waals surface area contributed by atoms with Gasteiger partial charge in [0.1, 0.15) is 6.10 Å². The van der Waals surface area contributed by atoms with E-state index in [0.29, 0.717) is 67.0 Å². The zero-order valence-electron chi connectivity index (χ0n) is 26.8. The summed E-state index contributed by atoms with van der Waals surface area (Å²) in [5.41, 5.74) is 2.30. The molecule has 6 aliphatic rings. The zero-order chi connectivity index (χ0) is 30.7. The SMILES string of the molecule is C[C@H](Oc1nc(-c2onc3c2CCC[C@@]32CCCCC23OCCO3)nc2c1n(C)c(=O)n2[C@@]12COC[C@@H]1C2)[C@@H]1CC[C@H](C)N1C. The number of rotatable bonds is 5. The Morgan fingerprint density at radius 3 is 2.58 bits per heavy atom. The fraction of sp³-hybridized carbons (Fsp3) is 0.758. The van der Waals surface area contributed by atoms with Gasteiger partial charge in [0.15, 0.2) is 17.0 Å². The van der Waals surface area contributed by atoms with Crippen LogP contribution in [-0.4, -0.2) is 86.6 Å². The predicted octanol–water partition coefficient (Wildman–Crippen LogP) is 3.67. The minimum absolute atomic E-state index is 0.119. The molecule has 3 aliphatic carbocycles. The molecule has 6 atom stereocenters. The molecule has 9 rings (SSSR count). The molecule has 6 heterocycles. The lowest BCUT2D eigenvalue weighted by molar-refractivity contribution is -0.231. The van der Waals surface area contributed by atoms with Gasteiger partial charge in [0.05, 0.1) is 43.1 Å². The highest BCUT2D eigenvalue weighted by Gasteiger charge is 2.63.